The first-order valence-electron chi connectivity index (χ1n) is 7.50. The summed E-state index contributed by atoms with van der Waals surface area (Å²) in [5.41, 5.74) is 2.77. The lowest BCUT2D eigenvalue weighted by Crippen LogP contribution is -2.48. The summed E-state index contributed by atoms with van der Waals surface area (Å²) in [6.45, 7) is 8.15. The first kappa shape index (κ1) is 16.3. The highest BCUT2D eigenvalue weighted by Crippen LogP contribution is 2.35. The van der Waals surface area contributed by atoms with Gasteiger partial charge in [-0.2, -0.15) is 0 Å². The highest BCUT2D eigenvalue weighted by molar-refractivity contribution is 5.94. The minimum Gasteiger partial charge on any atom is -0.465 e. The molecule has 0 fully saturated rings. The topological polar surface area (TPSA) is 57.6 Å². The predicted molar refractivity (Wildman–Crippen MR) is 87.0 cm³/mol. The van der Waals surface area contributed by atoms with Crippen molar-refractivity contribution >= 4 is 17.4 Å². The van der Waals surface area contributed by atoms with Gasteiger partial charge in [0.15, 0.2) is 5.78 Å². The number of ketones is 1. The van der Waals surface area contributed by atoms with Crippen molar-refractivity contribution in [2.75, 3.05) is 6.54 Å². The van der Waals surface area contributed by atoms with E-state index in [1.54, 1.807) is 6.92 Å². The van der Waals surface area contributed by atoms with Gasteiger partial charge in [0.2, 0.25) is 0 Å². The number of carbonyl (C=O) groups excluding carboxylic acids is 1. The van der Waals surface area contributed by atoms with E-state index in [0.717, 1.165) is 11.1 Å². The predicted octanol–water partition coefficient (Wildman–Crippen LogP) is 4.07. The van der Waals surface area contributed by atoms with E-state index in [0.29, 0.717) is 18.5 Å². The molecule has 1 aliphatic heterocycles. The summed E-state index contributed by atoms with van der Waals surface area (Å²) in [5, 5.41) is 9.39. The molecule has 118 valence electrons. The number of Topliss-reactive ketones (excluding diaryl/α,β-unsaturated/α-hetero) is 1. The van der Waals surface area contributed by atoms with E-state index in [4.69, 9.17) is 0 Å². The SMILES string of the molecule is CC(=O)c1ccc(C2=CCN(C(=O)O)C(C(C)(C)C)C2)cc1. The highest BCUT2D eigenvalue weighted by atomic mass is 16.4. The van der Waals surface area contributed by atoms with Crippen molar-refractivity contribution in [2.24, 2.45) is 5.41 Å². The number of amides is 1. The molecule has 1 aromatic rings. The van der Waals surface area contributed by atoms with Crippen LogP contribution in [-0.4, -0.2) is 34.5 Å². The van der Waals surface area contributed by atoms with Gasteiger partial charge < -0.3 is 10.0 Å². The summed E-state index contributed by atoms with van der Waals surface area (Å²) in [4.78, 5) is 24.3. The largest absolute Gasteiger partial charge is 0.465 e. The first-order chi connectivity index (χ1) is 10.2. The van der Waals surface area contributed by atoms with Crippen molar-refractivity contribution in [3.63, 3.8) is 0 Å². The summed E-state index contributed by atoms with van der Waals surface area (Å²) in [5.74, 6) is 0.0498. The molecular weight excluding hydrogens is 278 g/mol. The zero-order valence-corrected chi connectivity index (χ0v) is 13.6. The number of carboxylic acid groups (broad SMARTS) is 1. The van der Waals surface area contributed by atoms with Crippen LogP contribution >= 0.6 is 0 Å². The summed E-state index contributed by atoms with van der Waals surface area (Å²) >= 11 is 0. The van der Waals surface area contributed by atoms with Gasteiger partial charge in [0, 0.05) is 18.2 Å². The van der Waals surface area contributed by atoms with Crippen LogP contribution in [0.2, 0.25) is 0 Å². The minimum absolute atomic E-state index is 0.0498. The third kappa shape index (κ3) is 3.38. The van der Waals surface area contributed by atoms with Crippen LogP contribution in [0.1, 0.15) is 50.0 Å². The van der Waals surface area contributed by atoms with E-state index >= 15 is 0 Å². The third-order valence-corrected chi connectivity index (χ3v) is 4.23. The van der Waals surface area contributed by atoms with Gasteiger partial charge in [0.05, 0.1) is 0 Å². The standard InChI is InChI=1S/C18H23NO3/c1-12(20)13-5-7-14(8-6-13)15-9-10-19(17(21)22)16(11-15)18(2,3)4/h5-9,16H,10-11H2,1-4H3,(H,21,22). The van der Waals surface area contributed by atoms with E-state index in [9.17, 15) is 14.7 Å². The van der Waals surface area contributed by atoms with Crippen LogP contribution in [0.5, 0.6) is 0 Å². The summed E-state index contributed by atoms with van der Waals surface area (Å²) in [7, 11) is 0. The fourth-order valence-corrected chi connectivity index (χ4v) is 2.88. The molecule has 0 spiro atoms. The zero-order valence-electron chi connectivity index (χ0n) is 13.6. The molecular formula is C18H23NO3. The molecule has 1 atom stereocenters. The van der Waals surface area contributed by atoms with Gasteiger partial charge in [-0.25, -0.2) is 4.79 Å². The zero-order chi connectivity index (χ0) is 16.5. The number of hydrogen-bond donors (Lipinski definition) is 1. The van der Waals surface area contributed by atoms with Crippen LogP contribution < -0.4 is 0 Å². The molecule has 4 heteroatoms. The van der Waals surface area contributed by atoms with E-state index in [1.165, 1.54) is 4.90 Å². The average Bonchev–Trinajstić information content (AvgIpc) is 2.45. The Morgan fingerprint density at radius 1 is 1.18 bits per heavy atom. The molecule has 1 heterocycles. The molecule has 4 nitrogen and oxygen atoms in total. The molecule has 1 aliphatic rings. The molecule has 0 aliphatic carbocycles. The number of carbonyl (C=O) groups is 2. The molecule has 1 aromatic carbocycles. The van der Waals surface area contributed by atoms with Crippen molar-refractivity contribution in [3.05, 3.63) is 41.5 Å². The monoisotopic (exact) mass is 301 g/mol. The van der Waals surface area contributed by atoms with E-state index in [2.05, 4.69) is 20.8 Å². The molecule has 1 unspecified atom stereocenters. The van der Waals surface area contributed by atoms with E-state index < -0.39 is 6.09 Å². The van der Waals surface area contributed by atoms with Gasteiger partial charge in [-0.3, -0.25) is 4.79 Å². The number of rotatable bonds is 2. The molecule has 0 radical (unpaired) electrons. The maximum Gasteiger partial charge on any atom is 0.407 e. The fraction of sp³-hybridized carbons (Fsp3) is 0.444. The van der Waals surface area contributed by atoms with Crippen LogP contribution in [0.3, 0.4) is 0 Å². The van der Waals surface area contributed by atoms with E-state index in [1.807, 2.05) is 30.3 Å². The smallest absolute Gasteiger partial charge is 0.407 e. The van der Waals surface area contributed by atoms with Gasteiger partial charge >= 0.3 is 6.09 Å². The minimum atomic E-state index is -0.873. The van der Waals surface area contributed by atoms with Crippen molar-refractivity contribution < 1.29 is 14.7 Å². The quantitative estimate of drug-likeness (QED) is 0.838. The number of nitrogens with zero attached hydrogens (tertiary/aromatic N) is 1. The van der Waals surface area contributed by atoms with Gasteiger partial charge in [-0.1, -0.05) is 51.1 Å². The Bertz CT molecular complexity index is 608. The maximum atomic E-state index is 11.4. The second-order valence-electron chi connectivity index (χ2n) is 6.88. The average molecular weight is 301 g/mol. The van der Waals surface area contributed by atoms with Gasteiger partial charge in [0.1, 0.15) is 0 Å². The van der Waals surface area contributed by atoms with Crippen LogP contribution in [0.4, 0.5) is 4.79 Å². The van der Waals surface area contributed by atoms with Gasteiger partial charge in [0.25, 0.3) is 0 Å². The fourth-order valence-electron chi connectivity index (χ4n) is 2.88. The highest BCUT2D eigenvalue weighted by Gasteiger charge is 2.35. The second kappa shape index (κ2) is 5.95. The third-order valence-electron chi connectivity index (χ3n) is 4.23. The second-order valence-corrected chi connectivity index (χ2v) is 6.88. The Kier molecular flexibility index (Phi) is 4.40. The Balaban J connectivity index is 2.29. The van der Waals surface area contributed by atoms with Crippen LogP contribution in [-0.2, 0) is 0 Å². The van der Waals surface area contributed by atoms with Crippen LogP contribution in [0.15, 0.2) is 30.3 Å². The Hall–Kier alpha value is -2.10. The maximum absolute atomic E-state index is 11.4. The van der Waals surface area contributed by atoms with Crippen molar-refractivity contribution in [2.45, 2.75) is 40.2 Å². The summed E-state index contributed by atoms with van der Waals surface area (Å²) in [6.07, 6.45) is 1.79. The van der Waals surface area contributed by atoms with Crippen molar-refractivity contribution in [3.8, 4) is 0 Å². The molecule has 0 bridgehead atoms. The Morgan fingerprint density at radius 2 is 1.77 bits per heavy atom. The molecule has 0 saturated carbocycles. The summed E-state index contributed by atoms with van der Waals surface area (Å²) < 4.78 is 0. The molecule has 0 aromatic heterocycles. The Labute approximate surface area is 131 Å². The lowest BCUT2D eigenvalue weighted by molar-refractivity contribution is 0.0884. The molecule has 2 rings (SSSR count). The lowest BCUT2D eigenvalue weighted by atomic mass is 9.79. The molecule has 0 saturated heterocycles. The summed E-state index contributed by atoms with van der Waals surface area (Å²) in [6, 6.07) is 7.48. The Morgan fingerprint density at radius 3 is 2.23 bits per heavy atom. The number of hydrogen-bond acceptors (Lipinski definition) is 2. The molecule has 1 amide bonds. The normalized spacial score (nSPS) is 18.8. The molecule has 22 heavy (non-hydrogen) atoms. The van der Waals surface area contributed by atoms with Crippen LogP contribution in [0, 0.1) is 5.41 Å². The van der Waals surface area contributed by atoms with Gasteiger partial charge in [-0.05, 0) is 29.9 Å². The molecule has 1 N–H and O–H groups in total. The first-order valence-corrected chi connectivity index (χ1v) is 7.50. The lowest BCUT2D eigenvalue weighted by Gasteiger charge is -2.41. The van der Waals surface area contributed by atoms with E-state index in [-0.39, 0.29) is 17.2 Å². The van der Waals surface area contributed by atoms with Crippen LogP contribution in [0.25, 0.3) is 5.57 Å². The van der Waals surface area contributed by atoms with Crippen molar-refractivity contribution in [1.29, 1.82) is 0 Å². The van der Waals surface area contributed by atoms with Gasteiger partial charge in [-0.15, -0.1) is 0 Å². The van der Waals surface area contributed by atoms with Crippen molar-refractivity contribution in [1.82, 2.24) is 4.90 Å². The number of benzene rings is 1.